The first-order chi connectivity index (χ1) is 7.98. The molecule has 96 valence electrons. The molecular formula is C12H14ClF3S. The molecule has 0 saturated heterocycles. The van der Waals surface area contributed by atoms with E-state index in [1.54, 1.807) is 6.07 Å². The van der Waals surface area contributed by atoms with Crippen molar-refractivity contribution in [2.45, 2.75) is 36.6 Å². The van der Waals surface area contributed by atoms with Crippen LogP contribution in [0.2, 0.25) is 0 Å². The first kappa shape index (κ1) is 14.7. The van der Waals surface area contributed by atoms with Gasteiger partial charge in [0.1, 0.15) is 0 Å². The number of alkyl halides is 4. The Labute approximate surface area is 109 Å². The molecule has 0 aliphatic heterocycles. The van der Waals surface area contributed by atoms with E-state index in [0.29, 0.717) is 23.6 Å². The van der Waals surface area contributed by atoms with Crippen molar-refractivity contribution in [3.63, 3.8) is 0 Å². The van der Waals surface area contributed by atoms with E-state index in [1.165, 1.54) is 6.07 Å². The Morgan fingerprint density at radius 1 is 1.29 bits per heavy atom. The molecule has 0 atom stereocenters. The third-order valence-corrected chi connectivity index (χ3v) is 3.50. The molecule has 0 amide bonds. The van der Waals surface area contributed by atoms with Gasteiger partial charge in [-0.1, -0.05) is 19.1 Å². The van der Waals surface area contributed by atoms with Crippen molar-refractivity contribution < 1.29 is 13.2 Å². The van der Waals surface area contributed by atoms with Gasteiger partial charge in [0.2, 0.25) is 0 Å². The maximum atomic E-state index is 12.4. The van der Waals surface area contributed by atoms with E-state index in [4.69, 9.17) is 11.6 Å². The van der Waals surface area contributed by atoms with Gasteiger partial charge in [-0.15, -0.1) is 11.6 Å². The molecule has 1 rings (SSSR count). The second-order valence-electron chi connectivity index (χ2n) is 3.59. The van der Waals surface area contributed by atoms with Crippen LogP contribution in [0.5, 0.6) is 0 Å². The van der Waals surface area contributed by atoms with Crippen LogP contribution in [0.15, 0.2) is 23.1 Å². The van der Waals surface area contributed by atoms with Gasteiger partial charge in [-0.3, -0.25) is 0 Å². The van der Waals surface area contributed by atoms with E-state index in [-0.39, 0.29) is 11.8 Å². The monoisotopic (exact) mass is 282 g/mol. The Kier molecular flexibility index (Phi) is 5.67. The van der Waals surface area contributed by atoms with Crippen molar-refractivity contribution in [3.8, 4) is 0 Å². The molecule has 0 radical (unpaired) electrons. The first-order valence-corrected chi connectivity index (χ1v) is 6.75. The topological polar surface area (TPSA) is 0 Å². The number of rotatable bonds is 5. The van der Waals surface area contributed by atoms with E-state index in [1.807, 2.05) is 13.0 Å². The van der Waals surface area contributed by atoms with Gasteiger partial charge in [0.25, 0.3) is 0 Å². The summed E-state index contributed by atoms with van der Waals surface area (Å²) in [6.45, 7) is 1.95. The van der Waals surface area contributed by atoms with Crippen molar-refractivity contribution in [2.24, 2.45) is 0 Å². The third kappa shape index (κ3) is 4.80. The van der Waals surface area contributed by atoms with Crippen LogP contribution in [0.3, 0.4) is 0 Å². The molecule has 0 spiro atoms. The van der Waals surface area contributed by atoms with Gasteiger partial charge >= 0.3 is 5.51 Å². The maximum Gasteiger partial charge on any atom is 0.446 e. The number of thioether (sulfide) groups is 1. The molecule has 1 aromatic carbocycles. The summed E-state index contributed by atoms with van der Waals surface area (Å²) >= 11 is 5.57. The minimum Gasteiger partial charge on any atom is -0.160 e. The molecule has 1 aromatic rings. The van der Waals surface area contributed by atoms with Gasteiger partial charge in [-0.25, -0.2) is 0 Å². The summed E-state index contributed by atoms with van der Waals surface area (Å²) in [7, 11) is 0. The number of aryl methyl sites for hydroxylation is 1. The van der Waals surface area contributed by atoms with Crippen LogP contribution < -0.4 is 0 Å². The second kappa shape index (κ2) is 6.55. The summed E-state index contributed by atoms with van der Waals surface area (Å²) in [5.41, 5.74) is -2.47. The molecule has 0 aliphatic rings. The standard InChI is InChI=1S/C12H14ClF3S/c1-2-9-5-3-7-11(17-12(14,15)16)10(9)6-4-8-13/h3,5,7H,2,4,6,8H2,1H3. The summed E-state index contributed by atoms with van der Waals surface area (Å²) in [5, 5.41) is 0. The molecule has 0 saturated carbocycles. The Bertz CT molecular complexity index is 363. The van der Waals surface area contributed by atoms with Gasteiger partial charge in [0.15, 0.2) is 0 Å². The highest BCUT2D eigenvalue weighted by molar-refractivity contribution is 8.00. The molecule has 0 bridgehead atoms. The molecule has 0 aromatic heterocycles. The SMILES string of the molecule is CCc1cccc(SC(F)(F)F)c1CCCCl. The van der Waals surface area contributed by atoms with Crippen molar-refractivity contribution >= 4 is 23.4 Å². The summed E-state index contributed by atoms with van der Waals surface area (Å²) in [6, 6.07) is 5.09. The Morgan fingerprint density at radius 2 is 2.00 bits per heavy atom. The third-order valence-electron chi connectivity index (χ3n) is 2.40. The molecule has 0 heterocycles. The van der Waals surface area contributed by atoms with Crippen LogP contribution in [0.25, 0.3) is 0 Å². The normalized spacial score (nSPS) is 11.8. The summed E-state index contributed by atoms with van der Waals surface area (Å²) < 4.78 is 37.2. The minimum absolute atomic E-state index is 0.0357. The molecule has 0 fully saturated rings. The molecule has 0 N–H and O–H groups in total. The fraction of sp³-hybridized carbons (Fsp3) is 0.500. The van der Waals surface area contributed by atoms with E-state index in [0.717, 1.165) is 17.5 Å². The highest BCUT2D eigenvalue weighted by Gasteiger charge is 2.30. The number of benzene rings is 1. The lowest BCUT2D eigenvalue weighted by Crippen LogP contribution is -2.03. The molecule has 5 heteroatoms. The Balaban J connectivity index is 3.01. The average molecular weight is 283 g/mol. The van der Waals surface area contributed by atoms with Gasteiger partial charge < -0.3 is 0 Å². The average Bonchev–Trinajstić information content (AvgIpc) is 2.25. The van der Waals surface area contributed by atoms with Crippen LogP contribution in [0.4, 0.5) is 13.2 Å². The zero-order chi connectivity index (χ0) is 12.9. The predicted molar refractivity (Wildman–Crippen MR) is 66.8 cm³/mol. The number of hydrogen-bond donors (Lipinski definition) is 0. The molecule has 0 nitrogen and oxygen atoms in total. The minimum atomic E-state index is -4.23. The fourth-order valence-corrected chi connectivity index (χ4v) is 2.58. The van der Waals surface area contributed by atoms with Crippen LogP contribution in [0, 0.1) is 0 Å². The summed E-state index contributed by atoms with van der Waals surface area (Å²) in [5.74, 6) is 0.466. The van der Waals surface area contributed by atoms with Crippen LogP contribution in [-0.4, -0.2) is 11.4 Å². The van der Waals surface area contributed by atoms with Gasteiger partial charge in [0.05, 0.1) is 0 Å². The molecule has 0 aliphatic carbocycles. The van der Waals surface area contributed by atoms with Crippen molar-refractivity contribution in [2.75, 3.05) is 5.88 Å². The lowest BCUT2D eigenvalue weighted by Gasteiger charge is -2.14. The van der Waals surface area contributed by atoms with Crippen molar-refractivity contribution in [1.29, 1.82) is 0 Å². The summed E-state index contributed by atoms with van der Waals surface area (Å²) in [4.78, 5) is 0.307. The molecule has 17 heavy (non-hydrogen) atoms. The van der Waals surface area contributed by atoms with Gasteiger partial charge in [0, 0.05) is 10.8 Å². The van der Waals surface area contributed by atoms with E-state index >= 15 is 0 Å². The van der Waals surface area contributed by atoms with Crippen LogP contribution >= 0.6 is 23.4 Å². The molecular weight excluding hydrogens is 269 g/mol. The van der Waals surface area contributed by atoms with Crippen LogP contribution in [0.1, 0.15) is 24.5 Å². The highest BCUT2D eigenvalue weighted by Crippen LogP contribution is 2.39. The van der Waals surface area contributed by atoms with E-state index in [2.05, 4.69) is 0 Å². The number of halogens is 4. The lowest BCUT2D eigenvalue weighted by molar-refractivity contribution is -0.0328. The lowest BCUT2D eigenvalue weighted by atomic mass is 10.0. The zero-order valence-corrected chi connectivity index (χ0v) is 11.1. The first-order valence-electron chi connectivity index (χ1n) is 5.40. The van der Waals surface area contributed by atoms with Crippen LogP contribution in [-0.2, 0) is 12.8 Å². The highest BCUT2D eigenvalue weighted by atomic mass is 35.5. The van der Waals surface area contributed by atoms with Gasteiger partial charge in [-0.05, 0) is 48.2 Å². The summed E-state index contributed by atoms with van der Waals surface area (Å²) in [6.07, 6.45) is 2.04. The Hall–Kier alpha value is -0.350. The second-order valence-corrected chi connectivity index (χ2v) is 5.07. The maximum absolute atomic E-state index is 12.4. The zero-order valence-electron chi connectivity index (χ0n) is 9.48. The smallest absolute Gasteiger partial charge is 0.160 e. The predicted octanol–water partition coefficient (Wildman–Crippen LogP) is 5.03. The largest absolute Gasteiger partial charge is 0.446 e. The molecule has 0 unspecified atom stereocenters. The quantitative estimate of drug-likeness (QED) is 0.539. The fourth-order valence-electron chi connectivity index (χ4n) is 1.69. The van der Waals surface area contributed by atoms with Crippen molar-refractivity contribution in [1.82, 2.24) is 0 Å². The van der Waals surface area contributed by atoms with Gasteiger partial charge in [-0.2, -0.15) is 13.2 Å². The van der Waals surface area contributed by atoms with Crippen molar-refractivity contribution in [3.05, 3.63) is 29.3 Å². The Morgan fingerprint density at radius 3 is 2.53 bits per heavy atom. The van der Waals surface area contributed by atoms with E-state index < -0.39 is 5.51 Å². The number of hydrogen-bond acceptors (Lipinski definition) is 1. The van der Waals surface area contributed by atoms with E-state index in [9.17, 15) is 13.2 Å².